The van der Waals surface area contributed by atoms with Crippen molar-refractivity contribution in [2.45, 2.75) is 19.3 Å². The summed E-state index contributed by atoms with van der Waals surface area (Å²) in [7, 11) is 0. The van der Waals surface area contributed by atoms with E-state index in [-0.39, 0.29) is 6.61 Å². The van der Waals surface area contributed by atoms with E-state index in [0.29, 0.717) is 13.0 Å². The van der Waals surface area contributed by atoms with Crippen molar-refractivity contribution in [1.82, 2.24) is 0 Å². The van der Waals surface area contributed by atoms with Crippen LogP contribution in [0.2, 0.25) is 0 Å². The Morgan fingerprint density at radius 2 is 1.86 bits per heavy atom. The number of fused-ring (bicyclic) bond motifs is 1. The van der Waals surface area contributed by atoms with Crippen LogP contribution in [0.15, 0.2) is 48.5 Å². The Morgan fingerprint density at radius 3 is 2.67 bits per heavy atom. The fourth-order valence-corrected chi connectivity index (χ4v) is 2.69. The molecule has 0 fully saturated rings. The van der Waals surface area contributed by atoms with Gasteiger partial charge in [-0.05, 0) is 47.2 Å². The number of allylic oxidation sites excluding steroid dienone is 1. The molecule has 2 nitrogen and oxygen atoms in total. The molecule has 0 unspecified atom stereocenters. The molecule has 21 heavy (non-hydrogen) atoms. The number of aliphatic hydroxyl groups is 1. The fourth-order valence-electron chi connectivity index (χ4n) is 2.69. The van der Waals surface area contributed by atoms with Gasteiger partial charge in [-0.25, -0.2) is 0 Å². The van der Waals surface area contributed by atoms with Gasteiger partial charge in [-0.1, -0.05) is 42.5 Å². The van der Waals surface area contributed by atoms with E-state index in [9.17, 15) is 0 Å². The van der Waals surface area contributed by atoms with Crippen LogP contribution in [-0.2, 0) is 6.42 Å². The first kappa shape index (κ1) is 13.9. The molecule has 0 atom stereocenters. The molecule has 1 aliphatic rings. The van der Waals surface area contributed by atoms with E-state index >= 15 is 0 Å². The van der Waals surface area contributed by atoms with Gasteiger partial charge in [0, 0.05) is 13.0 Å². The van der Waals surface area contributed by atoms with Gasteiger partial charge in [0.15, 0.2) is 0 Å². The number of rotatable bonds is 5. The van der Waals surface area contributed by atoms with Gasteiger partial charge in [0.25, 0.3) is 0 Å². The van der Waals surface area contributed by atoms with Crippen LogP contribution in [0, 0.1) is 0 Å². The Morgan fingerprint density at radius 1 is 1.00 bits per heavy atom. The van der Waals surface area contributed by atoms with Crippen molar-refractivity contribution in [3.63, 3.8) is 0 Å². The van der Waals surface area contributed by atoms with Crippen molar-refractivity contribution >= 4 is 11.6 Å². The highest BCUT2D eigenvalue weighted by molar-refractivity contribution is 5.84. The van der Waals surface area contributed by atoms with Crippen LogP contribution in [-0.4, -0.2) is 18.3 Å². The SMILES string of the molecule is OCCCOc1ccc2c(c1)CCC(c1ccccc1)=C2. The topological polar surface area (TPSA) is 29.5 Å². The van der Waals surface area contributed by atoms with Crippen molar-refractivity contribution in [3.05, 3.63) is 65.2 Å². The molecule has 0 aromatic heterocycles. The number of aliphatic hydroxyl groups excluding tert-OH is 1. The van der Waals surface area contributed by atoms with Crippen molar-refractivity contribution in [1.29, 1.82) is 0 Å². The Labute approximate surface area is 125 Å². The number of ether oxygens (including phenoxy) is 1. The Kier molecular flexibility index (Phi) is 4.37. The smallest absolute Gasteiger partial charge is 0.119 e. The van der Waals surface area contributed by atoms with Crippen LogP contribution in [0.4, 0.5) is 0 Å². The summed E-state index contributed by atoms with van der Waals surface area (Å²) < 4.78 is 5.64. The maximum atomic E-state index is 8.79. The molecule has 0 radical (unpaired) electrons. The minimum absolute atomic E-state index is 0.175. The first-order valence-electron chi connectivity index (χ1n) is 7.49. The Hall–Kier alpha value is -2.06. The zero-order valence-corrected chi connectivity index (χ0v) is 12.1. The van der Waals surface area contributed by atoms with E-state index < -0.39 is 0 Å². The second-order valence-electron chi connectivity index (χ2n) is 5.32. The molecular formula is C19H20O2. The summed E-state index contributed by atoms with van der Waals surface area (Å²) in [6, 6.07) is 16.8. The third-order valence-electron chi connectivity index (χ3n) is 3.82. The first-order chi connectivity index (χ1) is 10.4. The van der Waals surface area contributed by atoms with Gasteiger partial charge in [0.05, 0.1) is 6.61 Å². The van der Waals surface area contributed by atoms with E-state index in [0.717, 1.165) is 18.6 Å². The third-order valence-corrected chi connectivity index (χ3v) is 3.82. The molecule has 0 saturated carbocycles. The molecule has 1 N–H and O–H groups in total. The lowest BCUT2D eigenvalue weighted by Crippen LogP contribution is -2.03. The Balaban J connectivity index is 1.79. The van der Waals surface area contributed by atoms with Gasteiger partial charge >= 0.3 is 0 Å². The molecule has 1 aliphatic carbocycles. The molecule has 0 heterocycles. The van der Waals surface area contributed by atoms with Crippen molar-refractivity contribution in [2.75, 3.05) is 13.2 Å². The molecule has 0 saturated heterocycles. The molecule has 0 aliphatic heterocycles. The van der Waals surface area contributed by atoms with Gasteiger partial charge in [0.1, 0.15) is 5.75 Å². The standard InChI is InChI=1S/C19H20O2/c20-11-4-12-21-19-10-9-17-13-16(7-8-18(17)14-19)15-5-2-1-3-6-15/h1-3,5-6,9-10,13-14,20H,4,7-8,11-12H2. The lowest BCUT2D eigenvalue weighted by atomic mass is 9.88. The highest BCUT2D eigenvalue weighted by Crippen LogP contribution is 2.32. The maximum absolute atomic E-state index is 8.79. The fraction of sp³-hybridized carbons (Fsp3) is 0.263. The normalized spacial score (nSPS) is 13.5. The summed E-state index contributed by atoms with van der Waals surface area (Å²) >= 11 is 0. The van der Waals surface area contributed by atoms with Crippen LogP contribution >= 0.6 is 0 Å². The number of hydrogen-bond donors (Lipinski definition) is 1. The summed E-state index contributed by atoms with van der Waals surface area (Å²) in [5.74, 6) is 0.902. The Bertz CT molecular complexity index is 629. The molecule has 0 bridgehead atoms. The third kappa shape index (κ3) is 3.34. The van der Waals surface area contributed by atoms with Crippen LogP contribution in [0.25, 0.3) is 11.6 Å². The predicted molar refractivity (Wildman–Crippen MR) is 86.3 cm³/mol. The molecule has 2 aromatic rings. The average Bonchev–Trinajstić information content (AvgIpc) is 2.55. The van der Waals surface area contributed by atoms with Crippen LogP contribution in [0.3, 0.4) is 0 Å². The summed E-state index contributed by atoms with van der Waals surface area (Å²) in [6.45, 7) is 0.745. The van der Waals surface area contributed by atoms with E-state index in [1.807, 2.05) is 6.07 Å². The summed E-state index contributed by atoms with van der Waals surface area (Å²) in [4.78, 5) is 0. The van der Waals surface area contributed by atoms with Crippen LogP contribution in [0.1, 0.15) is 29.5 Å². The molecule has 0 amide bonds. The highest BCUT2D eigenvalue weighted by atomic mass is 16.5. The van der Waals surface area contributed by atoms with E-state index in [1.54, 1.807) is 0 Å². The van der Waals surface area contributed by atoms with Crippen LogP contribution < -0.4 is 4.74 Å². The maximum Gasteiger partial charge on any atom is 0.119 e. The van der Waals surface area contributed by atoms with Crippen LogP contribution in [0.5, 0.6) is 5.75 Å². The van der Waals surface area contributed by atoms with E-state index in [1.165, 1.54) is 22.3 Å². The second kappa shape index (κ2) is 6.59. The van der Waals surface area contributed by atoms with Gasteiger partial charge < -0.3 is 9.84 Å². The average molecular weight is 280 g/mol. The van der Waals surface area contributed by atoms with E-state index in [2.05, 4.69) is 48.5 Å². The number of benzene rings is 2. The minimum Gasteiger partial charge on any atom is -0.493 e. The molecule has 0 spiro atoms. The second-order valence-corrected chi connectivity index (χ2v) is 5.32. The molecule has 2 aromatic carbocycles. The zero-order valence-electron chi connectivity index (χ0n) is 12.1. The summed E-state index contributed by atoms with van der Waals surface area (Å²) in [5.41, 5.74) is 5.34. The van der Waals surface area contributed by atoms with Crippen molar-refractivity contribution < 1.29 is 9.84 Å². The largest absolute Gasteiger partial charge is 0.493 e. The van der Waals surface area contributed by atoms with Crippen molar-refractivity contribution in [3.8, 4) is 5.75 Å². The first-order valence-corrected chi connectivity index (χ1v) is 7.49. The number of hydrogen-bond acceptors (Lipinski definition) is 2. The zero-order chi connectivity index (χ0) is 14.5. The summed E-state index contributed by atoms with van der Waals surface area (Å²) in [6.07, 6.45) is 5.07. The van der Waals surface area contributed by atoms with E-state index in [4.69, 9.17) is 9.84 Å². The quantitative estimate of drug-likeness (QED) is 0.841. The molecule has 3 rings (SSSR count). The minimum atomic E-state index is 0.175. The van der Waals surface area contributed by atoms with Gasteiger partial charge in [-0.3, -0.25) is 0 Å². The highest BCUT2D eigenvalue weighted by Gasteiger charge is 2.12. The molecule has 108 valence electrons. The lowest BCUT2D eigenvalue weighted by Gasteiger charge is -2.18. The van der Waals surface area contributed by atoms with Crippen molar-refractivity contribution in [2.24, 2.45) is 0 Å². The predicted octanol–water partition coefficient (Wildman–Crippen LogP) is 3.93. The molecular weight excluding hydrogens is 260 g/mol. The van der Waals surface area contributed by atoms with Gasteiger partial charge in [-0.2, -0.15) is 0 Å². The number of aryl methyl sites for hydroxylation is 1. The lowest BCUT2D eigenvalue weighted by molar-refractivity contribution is 0.233. The van der Waals surface area contributed by atoms with Gasteiger partial charge in [0.2, 0.25) is 0 Å². The molecule has 2 heteroatoms. The summed E-state index contributed by atoms with van der Waals surface area (Å²) in [5, 5.41) is 8.79. The van der Waals surface area contributed by atoms with Gasteiger partial charge in [-0.15, -0.1) is 0 Å². The monoisotopic (exact) mass is 280 g/mol.